The normalized spacial score (nSPS) is 15.9. The van der Waals surface area contributed by atoms with E-state index >= 15 is 0 Å². The molecule has 22 heavy (non-hydrogen) atoms. The molecule has 0 saturated carbocycles. The minimum atomic E-state index is -0.515. The molecular weight excluding hydrogens is 349 g/mol. The van der Waals surface area contributed by atoms with Crippen LogP contribution in [0, 0.1) is 12.7 Å². The fourth-order valence-corrected chi connectivity index (χ4v) is 2.49. The molecular formula is C17H11BrFNO2. The quantitative estimate of drug-likeness (QED) is 0.594. The number of nitrogens with zero attached hydrogens (tertiary/aromatic N) is 1. The van der Waals surface area contributed by atoms with Crippen LogP contribution in [0.25, 0.3) is 6.08 Å². The highest BCUT2D eigenvalue weighted by atomic mass is 79.9. The number of carbonyl (C=O) groups is 1. The molecule has 0 aliphatic carbocycles. The first kappa shape index (κ1) is 14.7. The molecule has 0 aromatic heterocycles. The Morgan fingerprint density at radius 2 is 2.00 bits per heavy atom. The zero-order valence-electron chi connectivity index (χ0n) is 11.6. The SMILES string of the molecule is Cc1ccccc1C1=N/C(=C\c2ccc(F)c(Br)c2)C(=O)O1. The monoisotopic (exact) mass is 359 g/mol. The zero-order valence-corrected chi connectivity index (χ0v) is 13.2. The van der Waals surface area contributed by atoms with Crippen molar-refractivity contribution in [2.75, 3.05) is 0 Å². The van der Waals surface area contributed by atoms with Crippen molar-refractivity contribution in [2.45, 2.75) is 6.92 Å². The molecule has 2 aromatic rings. The standard InChI is InChI=1S/C17H11BrFNO2/c1-10-4-2-3-5-12(10)16-20-15(17(21)22-16)9-11-6-7-14(19)13(18)8-11/h2-9H,1H3/b15-9-. The van der Waals surface area contributed by atoms with Crippen LogP contribution < -0.4 is 0 Å². The summed E-state index contributed by atoms with van der Waals surface area (Å²) in [5.74, 6) is -0.588. The minimum absolute atomic E-state index is 0.191. The Bertz CT molecular complexity index is 827. The Balaban J connectivity index is 1.98. The van der Waals surface area contributed by atoms with E-state index in [-0.39, 0.29) is 17.4 Å². The van der Waals surface area contributed by atoms with Crippen LogP contribution in [-0.4, -0.2) is 11.9 Å². The Hall–Kier alpha value is -2.27. The average molecular weight is 360 g/mol. The highest BCUT2D eigenvalue weighted by molar-refractivity contribution is 9.10. The van der Waals surface area contributed by atoms with Gasteiger partial charge in [0.25, 0.3) is 0 Å². The van der Waals surface area contributed by atoms with E-state index in [2.05, 4.69) is 20.9 Å². The van der Waals surface area contributed by atoms with Gasteiger partial charge in [0.2, 0.25) is 5.90 Å². The van der Waals surface area contributed by atoms with Gasteiger partial charge < -0.3 is 4.74 Å². The molecule has 2 aromatic carbocycles. The maximum Gasteiger partial charge on any atom is 0.363 e. The molecule has 1 heterocycles. The van der Waals surface area contributed by atoms with E-state index in [1.54, 1.807) is 18.2 Å². The highest BCUT2D eigenvalue weighted by Gasteiger charge is 2.24. The first-order chi connectivity index (χ1) is 10.5. The van der Waals surface area contributed by atoms with Crippen molar-refractivity contribution < 1.29 is 13.9 Å². The van der Waals surface area contributed by atoms with Crippen LogP contribution in [0.15, 0.2) is 57.6 Å². The lowest BCUT2D eigenvalue weighted by Gasteiger charge is -2.02. The molecule has 1 aliphatic heterocycles. The van der Waals surface area contributed by atoms with Crippen LogP contribution in [-0.2, 0) is 9.53 Å². The Morgan fingerprint density at radius 3 is 2.73 bits per heavy atom. The molecule has 0 unspecified atom stereocenters. The van der Waals surface area contributed by atoms with Crippen LogP contribution in [0.1, 0.15) is 16.7 Å². The Morgan fingerprint density at radius 1 is 1.23 bits per heavy atom. The van der Waals surface area contributed by atoms with Crippen molar-refractivity contribution >= 4 is 33.9 Å². The molecule has 5 heteroatoms. The predicted octanol–water partition coefficient (Wildman–Crippen LogP) is 4.24. The molecule has 0 amide bonds. The van der Waals surface area contributed by atoms with Crippen molar-refractivity contribution in [3.63, 3.8) is 0 Å². The summed E-state index contributed by atoms with van der Waals surface area (Å²) in [6.07, 6.45) is 1.57. The smallest absolute Gasteiger partial charge is 0.363 e. The predicted molar refractivity (Wildman–Crippen MR) is 85.9 cm³/mol. The molecule has 0 saturated heterocycles. The molecule has 0 N–H and O–H groups in total. The third-order valence-electron chi connectivity index (χ3n) is 3.24. The summed E-state index contributed by atoms with van der Waals surface area (Å²) in [7, 11) is 0. The van der Waals surface area contributed by atoms with Gasteiger partial charge in [-0.15, -0.1) is 0 Å². The molecule has 0 atom stereocenters. The number of esters is 1. The van der Waals surface area contributed by atoms with Gasteiger partial charge in [0.15, 0.2) is 5.70 Å². The second-order valence-electron chi connectivity index (χ2n) is 4.82. The molecule has 0 radical (unpaired) electrons. The number of carbonyl (C=O) groups excluding carboxylic acids is 1. The van der Waals surface area contributed by atoms with Gasteiger partial charge in [-0.3, -0.25) is 0 Å². The number of ether oxygens (including phenoxy) is 1. The molecule has 0 fully saturated rings. The van der Waals surface area contributed by atoms with Crippen molar-refractivity contribution in [3.8, 4) is 0 Å². The summed E-state index contributed by atoms with van der Waals surface area (Å²) in [5.41, 5.74) is 2.60. The van der Waals surface area contributed by atoms with Gasteiger partial charge in [-0.05, 0) is 58.3 Å². The van der Waals surface area contributed by atoms with E-state index < -0.39 is 5.97 Å². The molecule has 1 aliphatic rings. The largest absolute Gasteiger partial charge is 0.402 e. The van der Waals surface area contributed by atoms with Crippen LogP contribution in [0.4, 0.5) is 4.39 Å². The molecule has 0 bridgehead atoms. The Labute approximate surface area is 135 Å². The number of halogens is 2. The second kappa shape index (κ2) is 5.85. The van der Waals surface area contributed by atoms with E-state index in [1.165, 1.54) is 6.07 Å². The lowest BCUT2D eigenvalue weighted by molar-refractivity contribution is -0.129. The third kappa shape index (κ3) is 2.85. The van der Waals surface area contributed by atoms with Crippen LogP contribution in [0.5, 0.6) is 0 Å². The lowest BCUT2D eigenvalue weighted by atomic mass is 10.1. The summed E-state index contributed by atoms with van der Waals surface area (Å²) in [6, 6.07) is 12.0. The molecule has 110 valence electrons. The maximum atomic E-state index is 13.2. The van der Waals surface area contributed by atoms with Crippen LogP contribution in [0.2, 0.25) is 0 Å². The third-order valence-corrected chi connectivity index (χ3v) is 3.85. The maximum absolute atomic E-state index is 13.2. The van der Waals surface area contributed by atoms with Gasteiger partial charge in [0, 0.05) is 5.56 Å². The summed E-state index contributed by atoms with van der Waals surface area (Å²) >= 11 is 3.11. The minimum Gasteiger partial charge on any atom is -0.402 e. The number of hydrogen-bond acceptors (Lipinski definition) is 3. The fourth-order valence-electron chi connectivity index (χ4n) is 2.10. The highest BCUT2D eigenvalue weighted by Crippen LogP contribution is 2.23. The van der Waals surface area contributed by atoms with Gasteiger partial charge in [-0.2, -0.15) is 0 Å². The number of aryl methyl sites for hydroxylation is 1. The van der Waals surface area contributed by atoms with Gasteiger partial charge in [0.1, 0.15) is 5.82 Å². The van der Waals surface area contributed by atoms with Gasteiger partial charge in [-0.25, -0.2) is 14.2 Å². The summed E-state index contributed by atoms with van der Waals surface area (Å²) < 4.78 is 18.8. The summed E-state index contributed by atoms with van der Waals surface area (Å²) in [5, 5.41) is 0. The van der Waals surface area contributed by atoms with Gasteiger partial charge >= 0.3 is 5.97 Å². The van der Waals surface area contributed by atoms with E-state index in [0.29, 0.717) is 10.0 Å². The fraction of sp³-hybridized carbons (Fsp3) is 0.0588. The van der Waals surface area contributed by atoms with Crippen LogP contribution in [0.3, 0.4) is 0 Å². The first-order valence-electron chi connectivity index (χ1n) is 6.58. The second-order valence-corrected chi connectivity index (χ2v) is 5.68. The number of aliphatic imine (C=N–C) groups is 1. The van der Waals surface area contributed by atoms with Gasteiger partial charge in [0.05, 0.1) is 4.47 Å². The number of rotatable bonds is 2. The van der Waals surface area contributed by atoms with Gasteiger partial charge in [-0.1, -0.05) is 24.3 Å². The Kier molecular flexibility index (Phi) is 3.90. The van der Waals surface area contributed by atoms with E-state index in [0.717, 1.165) is 11.1 Å². The number of hydrogen-bond donors (Lipinski definition) is 0. The van der Waals surface area contributed by atoms with E-state index in [9.17, 15) is 9.18 Å². The molecule has 3 rings (SSSR count). The number of cyclic esters (lactones) is 1. The topological polar surface area (TPSA) is 38.7 Å². The van der Waals surface area contributed by atoms with E-state index in [1.807, 2.05) is 31.2 Å². The summed E-state index contributed by atoms with van der Waals surface area (Å²) in [4.78, 5) is 16.2. The van der Waals surface area contributed by atoms with Crippen molar-refractivity contribution in [1.82, 2.24) is 0 Å². The average Bonchev–Trinajstić information content (AvgIpc) is 2.84. The molecule has 3 nitrogen and oxygen atoms in total. The first-order valence-corrected chi connectivity index (χ1v) is 7.37. The summed E-state index contributed by atoms with van der Waals surface area (Å²) in [6.45, 7) is 1.92. The zero-order chi connectivity index (χ0) is 15.7. The lowest BCUT2D eigenvalue weighted by Crippen LogP contribution is -2.06. The van der Waals surface area contributed by atoms with Crippen molar-refractivity contribution in [2.24, 2.45) is 4.99 Å². The molecule has 0 spiro atoms. The van der Waals surface area contributed by atoms with E-state index in [4.69, 9.17) is 4.74 Å². The van der Waals surface area contributed by atoms with Crippen molar-refractivity contribution in [1.29, 1.82) is 0 Å². The van der Waals surface area contributed by atoms with Crippen molar-refractivity contribution in [3.05, 3.63) is 75.1 Å². The number of benzene rings is 2. The van der Waals surface area contributed by atoms with Crippen LogP contribution >= 0.6 is 15.9 Å².